The highest BCUT2D eigenvalue weighted by atomic mass is 16.5. The van der Waals surface area contributed by atoms with Crippen molar-refractivity contribution in [3.05, 3.63) is 0 Å². The Morgan fingerprint density at radius 1 is 1.06 bits per heavy atom. The minimum atomic E-state index is 0.592. The Hall–Kier alpha value is -0.0800. The summed E-state index contributed by atoms with van der Waals surface area (Å²) in [5, 5.41) is 3.65. The molecule has 1 aliphatic heterocycles. The fourth-order valence-corrected chi connectivity index (χ4v) is 3.59. The van der Waals surface area contributed by atoms with Gasteiger partial charge < -0.3 is 10.1 Å². The molecule has 0 aromatic heterocycles. The lowest BCUT2D eigenvalue weighted by molar-refractivity contribution is 0.0959. The van der Waals surface area contributed by atoms with Gasteiger partial charge in [-0.05, 0) is 62.9 Å². The second-order valence-electron chi connectivity index (χ2n) is 6.72. The molecule has 2 heteroatoms. The monoisotopic (exact) mass is 253 g/mol. The topological polar surface area (TPSA) is 21.3 Å². The first-order valence-corrected chi connectivity index (χ1v) is 8.08. The lowest BCUT2D eigenvalue weighted by atomic mass is 9.90. The van der Waals surface area contributed by atoms with Crippen molar-refractivity contribution in [2.24, 2.45) is 17.8 Å². The van der Waals surface area contributed by atoms with Gasteiger partial charge in [-0.25, -0.2) is 0 Å². The van der Waals surface area contributed by atoms with Crippen LogP contribution in [-0.2, 0) is 4.74 Å². The summed E-state index contributed by atoms with van der Waals surface area (Å²) in [5.74, 6) is 2.68. The Labute approximate surface area is 113 Å². The highest BCUT2D eigenvalue weighted by molar-refractivity contribution is 4.80. The van der Waals surface area contributed by atoms with Crippen LogP contribution in [0.2, 0.25) is 0 Å². The van der Waals surface area contributed by atoms with E-state index in [9.17, 15) is 0 Å². The largest absolute Gasteiger partial charge is 0.378 e. The summed E-state index contributed by atoms with van der Waals surface area (Å²) in [6, 6.07) is 0. The molecule has 0 bridgehead atoms. The first kappa shape index (κ1) is 14.3. The van der Waals surface area contributed by atoms with Gasteiger partial charge in [-0.3, -0.25) is 0 Å². The van der Waals surface area contributed by atoms with Crippen LogP contribution in [0.4, 0.5) is 0 Å². The molecule has 0 spiro atoms. The normalized spacial score (nSPS) is 32.5. The van der Waals surface area contributed by atoms with Crippen molar-refractivity contribution in [2.75, 3.05) is 19.7 Å². The van der Waals surface area contributed by atoms with Crippen molar-refractivity contribution in [3.8, 4) is 0 Å². The first-order chi connectivity index (χ1) is 8.75. The molecule has 0 aromatic rings. The van der Waals surface area contributed by atoms with Crippen LogP contribution in [0.25, 0.3) is 0 Å². The maximum absolute atomic E-state index is 5.74. The predicted molar refractivity (Wildman–Crippen MR) is 76.7 cm³/mol. The number of nitrogens with one attached hydrogen (secondary N) is 1. The van der Waals surface area contributed by atoms with Gasteiger partial charge in [-0.2, -0.15) is 0 Å². The zero-order valence-electron chi connectivity index (χ0n) is 12.3. The number of ether oxygens (including phenoxy) is 1. The van der Waals surface area contributed by atoms with Crippen molar-refractivity contribution in [2.45, 2.75) is 64.9 Å². The van der Waals surface area contributed by atoms with Crippen LogP contribution in [0.3, 0.4) is 0 Å². The van der Waals surface area contributed by atoms with E-state index in [1.807, 2.05) is 0 Å². The molecule has 0 amide bonds. The third-order valence-corrected chi connectivity index (χ3v) is 4.66. The molecule has 2 rings (SSSR count). The molecule has 2 fully saturated rings. The highest BCUT2D eigenvalue weighted by Crippen LogP contribution is 2.35. The summed E-state index contributed by atoms with van der Waals surface area (Å²) in [6.45, 7) is 8.01. The first-order valence-electron chi connectivity index (χ1n) is 8.08. The van der Waals surface area contributed by atoms with E-state index in [0.717, 1.165) is 24.4 Å². The summed E-state index contributed by atoms with van der Waals surface area (Å²) in [5.41, 5.74) is 0. The van der Waals surface area contributed by atoms with Crippen molar-refractivity contribution >= 4 is 0 Å². The Bertz CT molecular complexity index is 223. The molecule has 3 atom stereocenters. The van der Waals surface area contributed by atoms with Gasteiger partial charge in [0, 0.05) is 6.61 Å². The Morgan fingerprint density at radius 2 is 1.89 bits per heavy atom. The van der Waals surface area contributed by atoms with Crippen molar-refractivity contribution < 1.29 is 4.74 Å². The van der Waals surface area contributed by atoms with E-state index in [2.05, 4.69) is 19.2 Å². The maximum atomic E-state index is 5.74. The predicted octanol–water partition coefficient (Wildman–Crippen LogP) is 3.61. The number of rotatable bonds is 7. The van der Waals surface area contributed by atoms with Gasteiger partial charge >= 0.3 is 0 Å². The fraction of sp³-hybridized carbons (Fsp3) is 1.00. The maximum Gasteiger partial charge on any atom is 0.0576 e. The van der Waals surface area contributed by atoms with Gasteiger partial charge in [0.05, 0.1) is 6.10 Å². The summed E-state index contributed by atoms with van der Waals surface area (Å²) in [4.78, 5) is 0. The van der Waals surface area contributed by atoms with Gasteiger partial charge in [0.25, 0.3) is 0 Å². The SMILES string of the molecule is CC(C)CNCC1CCCC1CCC1CCCO1. The van der Waals surface area contributed by atoms with E-state index >= 15 is 0 Å². The van der Waals surface area contributed by atoms with E-state index < -0.39 is 0 Å². The van der Waals surface area contributed by atoms with E-state index in [-0.39, 0.29) is 0 Å². The summed E-state index contributed by atoms with van der Waals surface area (Å²) >= 11 is 0. The molecule has 18 heavy (non-hydrogen) atoms. The summed E-state index contributed by atoms with van der Waals surface area (Å²) in [7, 11) is 0. The van der Waals surface area contributed by atoms with Crippen LogP contribution >= 0.6 is 0 Å². The van der Waals surface area contributed by atoms with Crippen LogP contribution in [0.15, 0.2) is 0 Å². The molecule has 1 heterocycles. The van der Waals surface area contributed by atoms with Gasteiger partial charge in [0.1, 0.15) is 0 Å². The third kappa shape index (κ3) is 4.55. The molecule has 2 nitrogen and oxygen atoms in total. The van der Waals surface area contributed by atoms with E-state index in [1.165, 1.54) is 58.0 Å². The molecule has 0 radical (unpaired) electrons. The standard InChI is InChI=1S/C16H31NO/c1-13(2)11-17-12-15-6-3-5-14(15)8-9-16-7-4-10-18-16/h13-17H,3-12H2,1-2H3. The molecular weight excluding hydrogens is 222 g/mol. The minimum absolute atomic E-state index is 0.592. The Balaban J connectivity index is 1.63. The summed E-state index contributed by atoms with van der Waals surface area (Å²) in [6.07, 6.45) is 10.3. The van der Waals surface area contributed by atoms with E-state index in [0.29, 0.717) is 6.10 Å². The molecule has 1 saturated carbocycles. The molecule has 1 N–H and O–H groups in total. The molecule has 1 saturated heterocycles. The van der Waals surface area contributed by atoms with Crippen LogP contribution in [-0.4, -0.2) is 25.8 Å². The van der Waals surface area contributed by atoms with Gasteiger partial charge in [-0.1, -0.05) is 26.7 Å². The average Bonchev–Trinajstić information content (AvgIpc) is 2.96. The third-order valence-electron chi connectivity index (χ3n) is 4.66. The van der Waals surface area contributed by atoms with Crippen LogP contribution in [0, 0.1) is 17.8 Å². The lowest BCUT2D eigenvalue weighted by Crippen LogP contribution is -2.28. The number of hydrogen-bond acceptors (Lipinski definition) is 2. The minimum Gasteiger partial charge on any atom is -0.378 e. The summed E-state index contributed by atoms with van der Waals surface area (Å²) < 4.78 is 5.74. The smallest absolute Gasteiger partial charge is 0.0576 e. The van der Waals surface area contributed by atoms with Gasteiger partial charge in [0.2, 0.25) is 0 Å². The van der Waals surface area contributed by atoms with Gasteiger partial charge in [-0.15, -0.1) is 0 Å². The van der Waals surface area contributed by atoms with Crippen LogP contribution in [0.1, 0.15) is 58.8 Å². The molecule has 1 aliphatic carbocycles. The fourth-order valence-electron chi connectivity index (χ4n) is 3.59. The highest BCUT2D eigenvalue weighted by Gasteiger charge is 2.28. The molecule has 2 aliphatic rings. The molecular formula is C16H31NO. The second kappa shape index (κ2) is 7.49. The average molecular weight is 253 g/mol. The molecule has 106 valence electrons. The molecule has 0 aromatic carbocycles. The zero-order valence-corrected chi connectivity index (χ0v) is 12.3. The van der Waals surface area contributed by atoms with Crippen molar-refractivity contribution in [3.63, 3.8) is 0 Å². The quantitative estimate of drug-likeness (QED) is 0.748. The van der Waals surface area contributed by atoms with E-state index in [1.54, 1.807) is 0 Å². The Kier molecular flexibility index (Phi) is 5.97. The van der Waals surface area contributed by atoms with Crippen molar-refractivity contribution in [1.29, 1.82) is 0 Å². The Morgan fingerprint density at radius 3 is 2.61 bits per heavy atom. The zero-order chi connectivity index (χ0) is 12.8. The van der Waals surface area contributed by atoms with Crippen LogP contribution < -0.4 is 5.32 Å². The van der Waals surface area contributed by atoms with E-state index in [4.69, 9.17) is 4.74 Å². The van der Waals surface area contributed by atoms with Crippen LogP contribution in [0.5, 0.6) is 0 Å². The lowest BCUT2D eigenvalue weighted by Gasteiger charge is -2.22. The molecule has 3 unspecified atom stereocenters. The van der Waals surface area contributed by atoms with Gasteiger partial charge in [0.15, 0.2) is 0 Å². The van der Waals surface area contributed by atoms with Crippen molar-refractivity contribution in [1.82, 2.24) is 5.32 Å². The number of hydrogen-bond donors (Lipinski definition) is 1. The second-order valence-corrected chi connectivity index (χ2v) is 6.72.